The Balaban J connectivity index is 1.44. The maximum Gasteiger partial charge on any atom is 0.249 e. The number of pyridine rings is 1. The molecule has 3 heterocycles. The van der Waals surface area contributed by atoms with Crippen molar-refractivity contribution in [2.24, 2.45) is 5.92 Å². The largest absolute Gasteiger partial charge is 0.363 e. The van der Waals surface area contributed by atoms with Gasteiger partial charge >= 0.3 is 0 Å². The minimum Gasteiger partial charge on any atom is -0.363 e. The molecule has 3 aliphatic rings. The first kappa shape index (κ1) is 17.0. The van der Waals surface area contributed by atoms with Gasteiger partial charge in [-0.3, -0.25) is 9.78 Å². The predicted molar refractivity (Wildman–Crippen MR) is 96.1 cm³/mol. The van der Waals surface area contributed by atoms with Crippen LogP contribution in [-0.4, -0.2) is 58.6 Å². The zero-order valence-corrected chi connectivity index (χ0v) is 15.4. The van der Waals surface area contributed by atoms with E-state index in [9.17, 15) is 4.79 Å². The third kappa shape index (κ3) is 3.58. The monoisotopic (exact) mass is 343 g/mol. The van der Waals surface area contributed by atoms with Crippen LogP contribution in [0.2, 0.25) is 0 Å². The number of carbonyl (C=O) groups excluding carboxylic acids is 1. The van der Waals surface area contributed by atoms with Gasteiger partial charge in [0.2, 0.25) is 5.91 Å². The van der Waals surface area contributed by atoms with Gasteiger partial charge in [0, 0.05) is 25.3 Å². The number of piperidine rings is 1. The first-order chi connectivity index (χ1) is 12.1. The van der Waals surface area contributed by atoms with Gasteiger partial charge in [0.1, 0.15) is 6.61 Å². The van der Waals surface area contributed by atoms with Crippen molar-refractivity contribution in [2.75, 3.05) is 26.2 Å². The van der Waals surface area contributed by atoms with Gasteiger partial charge < -0.3 is 14.5 Å². The number of carbonyl (C=O) groups is 1. The molecule has 0 radical (unpaired) electrons. The summed E-state index contributed by atoms with van der Waals surface area (Å²) in [5, 5.41) is 0. The molecule has 0 aromatic carbocycles. The number of amides is 1. The fourth-order valence-corrected chi connectivity index (χ4v) is 4.34. The summed E-state index contributed by atoms with van der Waals surface area (Å²) in [4.78, 5) is 21.7. The molecule has 5 nitrogen and oxygen atoms in total. The van der Waals surface area contributed by atoms with Gasteiger partial charge in [-0.1, -0.05) is 6.07 Å². The van der Waals surface area contributed by atoms with Crippen LogP contribution in [0.3, 0.4) is 0 Å². The average molecular weight is 343 g/mol. The molecule has 4 rings (SSSR count). The molecule has 0 unspecified atom stereocenters. The lowest BCUT2D eigenvalue weighted by atomic mass is 9.82. The molecule has 1 saturated carbocycles. The number of ether oxygens (including phenoxy) is 1. The van der Waals surface area contributed by atoms with Crippen LogP contribution >= 0.6 is 0 Å². The van der Waals surface area contributed by atoms with Crippen molar-refractivity contribution in [1.82, 2.24) is 14.8 Å². The van der Waals surface area contributed by atoms with Crippen molar-refractivity contribution in [3.63, 3.8) is 0 Å². The molecule has 1 spiro atoms. The van der Waals surface area contributed by atoms with Crippen LogP contribution in [0.25, 0.3) is 0 Å². The number of aryl methyl sites for hydroxylation is 1. The van der Waals surface area contributed by atoms with Gasteiger partial charge in [-0.15, -0.1) is 0 Å². The first-order valence-electron chi connectivity index (χ1n) is 9.64. The Morgan fingerprint density at radius 1 is 1.28 bits per heavy atom. The average Bonchev–Trinajstić information content (AvgIpc) is 3.41. The zero-order valence-electron chi connectivity index (χ0n) is 15.4. The van der Waals surface area contributed by atoms with E-state index in [-0.39, 0.29) is 24.2 Å². The number of morpholine rings is 1. The standard InChI is InChI=1S/C20H29N3O2/c1-15-4-3-5-18(21-15)13-23-16(2)20(25-14-19(23)24)8-10-22(11-9-20)12-17-6-7-17/h3-5,16-17H,6-14H2,1-2H3/t16-/m0/s1. The Bertz CT molecular complexity index is 636. The van der Waals surface area contributed by atoms with E-state index in [1.54, 1.807) is 0 Å². The minimum absolute atomic E-state index is 0.0850. The highest BCUT2D eigenvalue weighted by molar-refractivity contribution is 5.78. The number of aromatic nitrogens is 1. The quantitative estimate of drug-likeness (QED) is 0.842. The van der Waals surface area contributed by atoms with E-state index in [0.717, 1.165) is 43.2 Å². The summed E-state index contributed by atoms with van der Waals surface area (Å²) >= 11 is 0. The Kier molecular flexibility index (Phi) is 4.54. The number of likely N-dealkylation sites (tertiary alicyclic amines) is 1. The molecule has 2 aliphatic heterocycles. The highest BCUT2D eigenvalue weighted by Gasteiger charge is 2.48. The lowest BCUT2D eigenvalue weighted by Gasteiger charge is -2.51. The van der Waals surface area contributed by atoms with Gasteiger partial charge in [0.25, 0.3) is 0 Å². The van der Waals surface area contributed by atoms with Crippen LogP contribution in [0.15, 0.2) is 18.2 Å². The van der Waals surface area contributed by atoms with Gasteiger partial charge in [0.15, 0.2) is 0 Å². The molecule has 1 aromatic heterocycles. The first-order valence-corrected chi connectivity index (χ1v) is 9.64. The van der Waals surface area contributed by atoms with E-state index in [1.165, 1.54) is 19.4 Å². The lowest BCUT2D eigenvalue weighted by Crippen LogP contribution is -2.63. The number of hydrogen-bond donors (Lipinski definition) is 0. The van der Waals surface area contributed by atoms with E-state index in [0.29, 0.717) is 6.54 Å². The van der Waals surface area contributed by atoms with Crippen LogP contribution < -0.4 is 0 Å². The van der Waals surface area contributed by atoms with Crippen molar-refractivity contribution in [3.8, 4) is 0 Å². The second kappa shape index (κ2) is 6.69. The minimum atomic E-state index is -0.183. The van der Waals surface area contributed by atoms with Crippen molar-refractivity contribution in [1.29, 1.82) is 0 Å². The Hall–Kier alpha value is -1.46. The van der Waals surface area contributed by atoms with E-state index in [1.807, 2.05) is 30.0 Å². The van der Waals surface area contributed by atoms with Crippen LogP contribution in [0, 0.1) is 12.8 Å². The summed E-state index contributed by atoms with van der Waals surface area (Å²) in [6.07, 6.45) is 4.85. The highest BCUT2D eigenvalue weighted by Crippen LogP contribution is 2.38. The normalized spacial score (nSPS) is 27.0. The third-order valence-electron chi connectivity index (χ3n) is 6.23. The maximum atomic E-state index is 12.5. The van der Waals surface area contributed by atoms with Crippen molar-refractivity contribution >= 4 is 5.91 Å². The number of rotatable bonds is 4. The van der Waals surface area contributed by atoms with E-state index >= 15 is 0 Å². The fraction of sp³-hybridized carbons (Fsp3) is 0.700. The molecule has 3 fully saturated rings. The van der Waals surface area contributed by atoms with E-state index in [2.05, 4.69) is 16.8 Å². The Morgan fingerprint density at radius 3 is 2.72 bits per heavy atom. The van der Waals surface area contributed by atoms with Crippen LogP contribution in [-0.2, 0) is 16.1 Å². The molecule has 1 atom stereocenters. The van der Waals surface area contributed by atoms with Crippen LogP contribution in [0.4, 0.5) is 0 Å². The predicted octanol–water partition coefficient (Wildman–Crippen LogP) is 2.38. The zero-order chi connectivity index (χ0) is 17.4. The molecule has 1 amide bonds. The van der Waals surface area contributed by atoms with Crippen molar-refractivity contribution < 1.29 is 9.53 Å². The topological polar surface area (TPSA) is 45.7 Å². The smallest absolute Gasteiger partial charge is 0.249 e. The Labute approximate surface area is 150 Å². The molecule has 1 aliphatic carbocycles. The SMILES string of the molecule is Cc1cccc(CN2C(=O)COC3(CCN(CC4CC4)CC3)[C@@H]2C)n1. The summed E-state index contributed by atoms with van der Waals surface area (Å²) in [5.74, 6) is 1.02. The lowest BCUT2D eigenvalue weighted by molar-refractivity contribution is -0.188. The van der Waals surface area contributed by atoms with Crippen molar-refractivity contribution in [2.45, 2.75) is 57.7 Å². The van der Waals surface area contributed by atoms with Crippen LogP contribution in [0.5, 0.6) is 0 Å². The molecule has 0 bridgehead atoms. The molecule has 1 aromatic rings. The fourth-order valence-electron chi connectivity index (χ4n) is 4.34. The van der Waals surface area contributed by atoms with E-state index < -0.39 is 0 Å². The summed E-state index contributed by atoms with van der Waals surface area (Å²) in [7, 11) is 0. The summed E-state index contributed by atoms with van der Waals surface area (Å²) in [5.41, 5.74) is 1.77. The number of nitrogens with zero attached hydrogens (tertiary/aromatic N) is 3. The maximum absolute atomic E-state index is 12.5. The molecule has 5 heteroatoms. The van der Waals surface area contributed by atoms with Crippen molar-refractivity contribution in [3.05, 3.63) is 29.6 Å². The van der Waals surface area contributed by atoms with Gasteiger partial charge in [-0.05, 0) is 57.6 Å². The highest BCUT2D eigenvalue weighted by atomic mass is 16.5. The number of hydrogen-bond acceptors (Lipinski definition) is 4. The molecular formula is C20H29N3O2. The summed E-state index contributed by atoms with van der Waals surface area (Å²) in [6.45, 7) is 8.36. The van der Waals surface area contributed by atoms with Gasteiger partial charge in [-0.25, -0.2) is 0 Å². The van der Waals surface area contributed by atoms with Gasteiger partial charge in [-0.2, -0.15) is 0 Å². The molecule has 136 valence electrons. The summed E-state index contributed by atoms with van der Waals surface area (Å²) in [6, 6.07) is 6.11. The molecule has 25 heavy (non-hydrogen) atoms. The Morgan fingerprint density at radius 2 is 2.04 bits per heavy atom. The van der Waals surface area contributed by atoms with Gasteiger partial charge in [0.05, 0.1) is 23.9 Å². The summed E-state index contributed by atoms with van der Waals surface area (Å²) < 4.78 is 6.15. The second-order valence-electron chi connectivity index (χ2n) is 8.07. The molecular weight excluding hydrogens is 314 g/mol. The third-order valence-corrected chi connectivity index (χ3v) is 6.23. The second-order valence-corrected chi connectivity index (χ2v) is 8.07. The molecule has 0 N–H and O–H groups in total. The van der Waals surface area contributed by atoms with Crippen LogP contribution in [0.1, 0.15) is 44.0 Å². The van der Waals surface area contributed by atoms with E-state index in [4.69, 9.17) is 4.74 Å². The molecule has 2 saturated heterocycles.